The number of piperidine rings is 1. The molecular weight excluding hydrogens is 290 g/mol. The second-order valence-corrected chi connectivity index (χ2v) is 6.47. The lowest BCUT2D eigenvalue weighted by Crippen LogP contribution is -2.51. The predicted molar refractivity (Wildman–Crippen MR) is 90.2 cm³/mol. The average molecular weight is 315 g/mol. The number of amides is 1. The Morgan fingerprint density at radius 3 is 2.83 bits per heavy atom. The van der Waals surface area contributed by atoms with Crippen LogP contribution in [0.2, 0.25) is 0 Å². The Morgan fingerprint density at radius 2 is 2.09 bits per heavy atom. The Kier molecular flexibility index (Phi) is 5.08. The monoisotopic (exact) mass is 315 g/mol. The van der Waals surface area contributed by atoms with E-state index in [1.165, 1.54) is 0 Å². The van der Waals surface area contributed by atoms with E-state index in [1.807, 2.05) is 30.3 Å². The van der Waals surface area contributed by atoms with Crippen LogP contribution in [0.3, 0.4) is 0 Å². The van der Waals surface area contributed by atoms with E-state index in [1.54, 1.807) is 5.01 Å². The normalized spacial score (nSPS) is 25.5. The van der Waals surface area contributed by atoms with Gasteiger partial charge in [0.05, 0.1) is 25.4 Å². The fraction of sp³-hybridized carbons (Fsp3) is 0.556. The molecule has 5 heteroatoms. The number of likely N-dealkylation sites (tertiary alicyclic amines) is 1. The summed E-state index contributed by atoms with van der Waals surface area (Å²) < 4.78 is 0. The van der Waals surface area contributed by atoms with Crippen molar-refractivity contribution in [1.29, 1.82) is 0 Å². The van der Waals surface area contributed by atoms with Crippen molar-refractivity contribution in [2.24, 2.45) is 5.10 Å². The number of rotatable bonds is 4. The molecule has 23 heavy (non-hydrogen) atoms. The number of hydrogen-bond donors (Lipinski definition) is 1. The predicted octanol–water partition coefficient (Wildman–Crippen LogP) is 1.86. The van der Waals surface area contributed by atoms with E-state index >= 15 is 0 Å². The molecule has 0 spiro atoms. The van der Waals surface area contributed by atoms with Crippen LogP contribution in [0.25, 0.3) is 0 Å². The van der Waals surface area contributed by atoms with E-state index in [2.05, 4.69) is 16.9 Å². The molecule has 3 rings (SSSR count). The molecule has 2 atom stereocenters. The minimum absolute atomic E-state index is 0.0307. The molecule has 2 heterocycles. The molecule has 1 aromatic carbocycles. The maximum Gasteiger partial charge on any atom is 0.256 e. The first kappa shape index (κ1) is 16.1. The van der Waals surface area contributed by atoms with Gasteiger partial charge in [-0.25, -0.2) is 5.01 Å². The van der Waals surface area contributed by atoms with Gasteiger partial charge in [-0.05, 0) is 25.3 Å². The molecule has 2 aliphatic rings. The highest BCUT2D eigenvalue weighted by Gasteiger charge is 2.31. The zero-order valence-electron chi connectivity index (χ0n) is 13.7. The van der Waals surface area contributed by atoms with Crippen LogP contribution in [0, 0.1) is 0 Å². The number of aliphatic hydroxyl groups excluding tert-OH is 1. The third kappa shape index (κ3) is 3.62. The van der Waals surface area contributed by atoms with Crippen LogP contribution in [0.4, 0.5) is 0 Å². The molecule has 0 aliphatic carbocycles. The highest BCUT2D eigenvalue weighted by Crippen LogP contribution is 2.23. The van der Waals surface area contributed by atoms with Gasteiger partial charge in [-0.15, -0.1) is 0 Å². The molecule has 2 unspecified atom stereocenters. The summed E-state index contributed by atoms with van der Waals surface area (Å²) in [7, 11) is 0. The fourth-order valence-electron chi connectivity index (χ4n) is 3.53. The summed E-state index contributed by atoms with van der Waals surface area (Å²) in [5.74, 6) is 0.0307. The number of hydrogen-bond acceptors (Lipinski definition) is 4. The lowest BCUT2D eigenvalue weighted by molar-refractivity contribution is -0.134. The van der Waals surface area contributed by atoms with Crippen molar-refractivity contribution >= 4 is 11.6 Å². The maximum absolute atomic E-state index is 12.6. The minimum atomic E-state index is 0.0307. The van der Waals surface area contributed by atoms with Gasteiger partial charge in [0.1, 0.15) is 0 Å². The van der Waals surface area contributed by atoms with Gasteiger partial charge in [0.15, 0.2) is 0 Å². The van der Waals surface area contributed by atoms with Crippen LogP contribution >= 0.6 is 0 Å². The molecule has 1 aromatic rings. The van der Waals surface area contributed by atoms with Crippen molar-refractivity contribution in [1.82, 2.24) is 9.91 Å². The van der Waals surface area contributed by atoms with Gasteiger partial charge in [0.2, 0.25) is 0 Å². The lowest BCUT2D eigenvalue weighted by Gasteiger charge is -2.39. The van der Waals surface area contributed by atoms with Crippen molar-refractivity contribution in [2.75, 3.05) is 19.7 Å². The van der Waals surface area contributed by atoms with E-state index in [0.717, 1.165) is 37.0 Å². The quantitative estimate of drug-likeness (QED) is 0.923. The molecule has 0 radical (unpaired) electrons. The maximum atomic E-state index is 12.6. The van der Waals surface area contributed by atoms with Crippen LogP contribution in [0.1, 0.15) is 38.2 Å². The molecular formula is C18H25N3O2. The number of benzene rings is 1. The van der Waals surface area contributed by atoms with Gasteiger partial charge < -0.3 is 5.11 Å². The highest BCUT2D eigenvalue weighted by atomic mass is 16.3. The first-order valence-corrected chi connectivity index (χ1v) is 8.49. The zero-order valence-corrected chi connectivity index (χ0v) is 13.7. The molecule has 1 fully saturated rings. The van der Waals surface area contributed by atoms with E-state index in [9.17, 15) is 9.90 Å². The van der Waals surface area contributed by atoms with Crippen LogP contribution in [-0.2, 0) is 4.79 Å². The van der Waals surface area contributed by atoms with Gasteiger partial charge in [-0.1, -0.05) is 36.8 Å². The van der Waals surface area contributed by atoms with Crippen molar-refractivity contribution in [3.63, 3.8) is 0 Å². The standard InChI is InChI=1S/C18H25N3O2/c1-14-6-5-9-16(13-22)20(14)12-18(23)21-11-10-17(19-21)15-7-3-2-4-8-15/h2-4,7-8,14,16,22H,5-6,9-13H2,1H3. The molecule has 2 aliphatic heterocycles. The molecule has 0 saturated carbocycles. The number of carbonyl (C=O) groups excluding carboxylic acids is 1. The number of nitrogens with zero attached hydrogens (tertiary/aromatic N) is 3. The summed E-state index contributed by atoms with van der Waals surface area (Å²) >= 11 is 0. The largest absolute Gasteiger partial charge is 0.395 e. The van der Waals surface area contributed by atoms with Crippen molar-refractivity contribution < 1.29 is 9.90 Å². The summed E-state index contributed by atoms with van der Waals surface area (Å²) in [5, 5.41) is 15.7. The average Bonchev–Trinajstić information content (AvgIpc) is 3.07. The summed E-state index contributed by atoms with van der Waals surface area (Å²) in [4.78, 5) is 14.7. The first-order chi connectivity index (χ1) is 11.2. The first-order valence-electron chi connectivity index (χ1n) is 8.49. The van der Waals surface area contributed by atoms with Crippen molar-refractivity contribution in [2.45, 2.75) is 44.7 Å². The minimum Gasteiger partial charge on any atom is -0.395 e. The molecule has 1 saturated heterocycles. The van der Waals surface area contributed by atoms with E-state index in [0.29, 0.717) is 19.1 Å². The zero-order chi connectivity index (χ0) is 16.2. The Hall–Kier alpha value is -1.72. The van der Waals surface area contributed by atoms with E-state index in [-0.39, 0.29) is 18.6 Å². The molecule has 0 bridgehead atoms. The summed E-state index contributed by atoms with van der Waals surface area (Å²) in [6, 6.07) is 10.5. The van der Waals surface area contributed by atoms with E-state index in [4.69, 9.17) is 0 Å². The third-order valence-corrected chi connectivity index (χ3v) is 4.92. The summed E-state index contributed by atoms with van der Waals surface area (Å²) in [6.45, 7) is 3.25. The number of aliphatic hydroxyl groups is 1. The van der Waals surface area contributed by atoms with Crippen molar-refractivity contribution in [3.8, 4) is 0 Å². The Morgan fingerprint density at radius 1 is 1.30 bits per heavy atom. The molecule has 5 nitrogen and oxygen atoms in total. The molecule has 124 valence electrons. The van der Waals surface area contributed by atoms with Crippen LogP contribution in [0.5, 0.6) is 0 Å². The third-order valence-electron chi connectivity index (χ3n) is 4.92. The topological polar surface area (TPSA) is 56.1 Å². The van der Waals surface area contributed by atoms with Gasteiger partial charge >= 0.3 is 0 Å². The highest BCUT2D eigenvalue weighted by molar-refractivity contribution is 6.02. The Bertz CT molecular complexity index is 573. The Balaban J connectivity index is 1.66. The number of hydrazone groups is 1. The van der Waals surface area contributed by atoms with Gasteiger partial charge in [-0.3, -0.25) is 9.69 Å². The summed E-state index contributed by atoms with van der Waals surface area (Å²) in [6.07, 6.45) is 3.97. The van der Waals surface area contributed by atoms with Gasteiger partial charge in [0.25, 0.3) is 5.91 Å². The van der Waals surface area contributed by atoms with Gasteiger partial charge in [-0.2, -0.15) is 5.10 Å². The van der Waals surface area contributed by atoms with Crippen LogP contribution in [0.15, 0.2) is 35.4 Å². The molecule has 1 amide bonds. The Labute approximate surface area is 137 Å². The second kappa shape index (κ2) is 7.23. The fourth-order valence-corrected chi connectivity index (χ4v) is 3.53. The SMILES string of the molecule is CC1CCCC(CO)N1CC(=O)N1CCC(c2ccccc2)=N1. The van der Waals surface area contributed by atoms with Crippen molar-refractivity contribution in [3.05, 3.63) is 35.9 Å². The van der Waals surface area contributed by atoms with E-state index < -0.39 is 0 Å². The lowest BCUT2D eigenvalue weighted by atomic mass is 9.97. The van der Waals surface area contributed by atoms with Gasteiger partial charge in [0, 0.05) is 18.5 Å². The number of carbonyl (C=O) groups is 1. The summed E-state index contributed by atoms with van der Waals surface area (Å²) in [5.41, 5.74) is 2.06. The van der Waals surface area contributed by atoms with Crippen LogP contribution < -0.4 is 0 Å². The molecule has 0 aromatic heterocycles. The molecule has 1 N–H and O–H groups in total. The second-order valence-electron chi connectivity index (χ2n) is 6.47. The van der Waals surface area contributed by atoms with Crippen LogP contribution in [-0.4, -0.2) is 58.4 Å². The smallest absolute Gasteiger partial charge is 0.256 e.